The van der Waals surface area contributed by atoms with Crippen LogP contribution in [0.3, 0.4) is 0 Å². The molecule has 2 aromatic carbocycles. The van der Waals surface area contributed by atoms with Gasteiger partial charge >= 0.3 is 6.18 Å². The number of halogens is 3. The van der Waals surface area contributed by atoms with Crippen molar-refractivity contribution in [1.29, 1.82) is 0 Å². The van der Waals surface area contributed by atoms with Crippen LogP contribution in [0, 0.1) is 0 Å². The minimum Gasteiger partial charge on any atom is -0.331 e. The molecule has 0 aliphatic rings. The Bertz CT molecular complexity index is 1020. The molecule has 3 aromatic rings. The van der Waals surface area contributed by atoms with Crippen LogP contribution in [0.4, 0.5) is 18.9 Å². The minimum absolute atomic E-state index is 0.167. The van der Waals surface area contributed by atoms with Crippen LogP contribution in [0.2, 0.25) is 0 Å². The topological polar surface area (TPSA) is 62.3 Å². The number of thiazole rings is 1. The van der Waals surface area contributed by atoms with Gasteiger partial charge in [0.1, 0.15) is 10.7 Å². The zero-order valence-electron chi connectivity index (χ0n) is 15.2. The Morgan fingerprint density at radius 2 is 1.72 bits per heavy atom. The average molecular weight is 419 g/mol. The van der Waals surface area contributed by atoms with Gasteiger partial charge in [0.25, 0.3) is 5.91 Å². The van der Waals surface area contributed by atoms with E-state index in [0.29, 0.717) is 5.01 Å². The monoisotopic (exact) mass is 419 g/mol. The van der Waals surface area contributed by atoms with Gasteiger partial charge in [-0.15, -0.1) is 11.3 Å². The lowest BCUT2D eigenvalue weighted by Crippen LogP contribution is -2.35. The van der Waals surface area contributed by atoms with Gasteiger partial charge in [-0.1, -0.05) is 42.5 Å². The number of nitrogens with one attached hydrogen (secondary N) is 1. The summed E-state index contributed by atoms with van der Waals surface area (Å²) in [5.74, 6) is -1.24. The van der Waals surface area contributed by atoms with E-state index in [1.807, 2.05) is 30.3 Å². The molecule has 1 heterocycles. The molecular weight excluding hydrogens is 403 g/mol. The van der Waals surface area contributed by atoms with Crippen molar-refractivity contribution in [3.8, 4) is 10.6 Å². The van der Waals surface area contributed by atoms with Gasteiger partial charge in [-0.3, -0.25) is 9.59 Å². The van der Waals surface area contributed by atoms with Crippen LogP contribution in [0.25, 0.3) is 10.6 Å². The number of alkyl halides is 3. The molecule has 0 fully saturated rings. The molecule has 0 saturated heterocycles. The first-order valence-electron chi connectivity index (χ1n) is 8.48. The number of hydrogen-bond donors (Lipinski definition) is 1. The molecule has 0 unspecified atom stereocenters. The van der Waals surface area contributed by atoms with Crippen molar-refractivity contribution in [2.24, 2.45) is 0 Å². The summed E-state index contributed by atoms with van der Waals surface area (Å²) < 4.78 is 39.1. The lowest BCUT2D eigenvalue weighted by Gasteiger charge is -2.17. The molecular formula is C20H16F3N3O2S. The van der Waals surface area contributed by atoms with Crippen LogP contribution in [-0.2, 0) is 11.0 Å². The number of amides is 2. The smallest absolute Gasteiger partial charge is 0.331 e. The molecule has 0 saturated carbocycles. The first-order chi connectivity index (χ1) is 13.8. The molecule has 0 aliphatic heterocycles. The summed E-state index contributed by atoms with van der Waals surface area (Å²) in [5.41, 5.74) is -0.277. The van der Waals surface area contributed by atoms with Crippen LogP contribution in [-0.4, -0.2) is 35.3 Å². The van der Waals surface area contributed by atoms with E-state index >= 15 is 0 Å². The number of nitrogens with zero attached hydrogens (tertiary/aromatic N) is 2. The van der Waals surface area contributed by atoms with Crippen molar-refractivity contribution >= 4 is 28.8 Å². The number of para-hydroxylation sites is 1. The second kappa shape index (κ2) is 8.44. The summed E-state index contributed by atoms with van der Waals surface area (Å²) >= 11 is 1.29. The predicted octanol–water partition coefficient (Wildman–Crippen LogP) is 4.54. The Morgan fingerprint density at radius 3 is 2.41 bits per heavy atom. The molecule has 0 spiro atoms. The fourth-order valence-corrected chi connectivity index (χ4v) is 3.40. The maximum absolute atomic E-state index is 13.0. The molecule has 9 heteroatoms. The van der Waals surface area contributed by atoms with E-state index in [-0.39, 0.29) is 11.4 Å². The molecule has 0 aliphatic carbocycles. The third-order valence-corrected chi connectivity index (χ3v) is 4.87. The maximum atomic E-state index is 13.0. The van der Waals surface area contributed by atoms with Gasteiger partial charge in [-0.25, -0.2) is 4.98 Å². The van der Waals surface area contributed by atoms with Crippen molar-refractivity contribution in [3.05, 3.63) is 71.2 Å². The predicted molar refractivity (Wildman–Crippen MR) is 105 cm³/mol. The molecule has 150 valence electrons. The molecule has 2 amide bonds. The van der Waals surface area contributed by atoms with E-state index in [2.05, 4.69) is 10.3 Å². The van der Waals surface area contributed by atoms with Crippen LogP contribution in [0.15, 0.2) is 60.0 Å². The summed E-state index contributed by atoms with van der Waals surface area (Å²) in [6.07, 6.45) is -4.60. The van der Waals surface area contributed by atoms with Gasteiger partial charge in [0.15, 0.2) is 0 Å². The third-order valence-electron chi connectivity index (χ3n) is 3.98. The zero-order chi connectivity index (χ0) is 21.0. The van der Waals surface area contributed by atoms with E-state index in [1.165, 1.54) is 30.5 Å². The Morgan fingerprint density at radius 1 is 1.07 bits per heavy atom. The first kappa shape index (κ1) is 20.5. The van der Waals surface area contributed by atoms with Gasteiger partial charge in [-0.2, -0.15) is 13.2 Å². The van der Waals surface area contributed by atoms with Crippen LogP contribution in [0.1, 0.15) is 16.1 Å². The van der Waals surface area contributed by atoms with Gasteiger partial charge in [0, 0.05) is 18.0 Å². The summed E-state index contributed by atoms with van der Waals surface area (Å²) in [6.45, 7) is -0.413. The minimum atomic E-state index is -4.60. The Kier molecular flexibility index (Phi) is 5.97. The normalized spacial score (nSPS) is 11.2. The Labute approximate surface area is 168 Å². The van der Waals surface area contributed by atoms with Gasteiger partial charge in [-0.05, 0) is 12.1 Å². The van der Waals surface area contributed by atoms with Crippen LogP contribution < -0.4 is 5.32 Å². The molecule has 1 N–H and O–H groups in total. The number of likely N-dealkylation sites (N-methyl/N-ethyl adjacent to an activating group) is 1. The van der Waals surface area contributed by atoms with Gasteiger partial charge in [0.2, 0.25) is 5.91 Å². The highest BCUT2D eigenvalue weighted by molar-refractivity contribution is 7.13. The average Bonchev–Trinajstić information content (AvgIpc) is 3.17. The summed E-state index contributed by atoms with van der Waals surface area (Å²) in [7, 11) is 1.39. The quantitative estimate of drug-likeness (QED) is 0.661. The lowest BCUT2D eigenvalue weighted by molar-refractivity contribution is -0.137. The number of aromatic nitrogens is 1. The summed E-state index contributed by atoms with van der Waals surface area (Å²) in [6, 6.07) is 14.0. The van der Waals surface area contributed by atoms with Crippen LogP contribution >= 0.6 is 11.3 Å². The highest BCUT2D eigenvalue weighted by Gasteiger charge is 2.33. The molecule has 5 nitrogen and oxygen atoms in total. The van der Waals surface area contributed by atoms with E-state index < -0.39 is 30.1 Å². The van der Waals surface area contributed by atoms with Crippen molar-refractivity contribution < 1.29 is 22.8 Å². The van der Waals surface area contributed by atoms with Gasteiger partial charge in [0.05, 0.1) is 17.8 Å². The highest BCUT2D eigenvalue weighted by Crippen LogP contribution is 2.34. The van der Waals surface area contributed by atoms with E-state index in [9.17, 15) is 22.8 Å². The van der Waals surface area contributed by atoms with E-state index in [4.69, 9.17) is 0 Å². The molecule has 3 rings (SSSR count). The summed E-state index contributed by atoms with van der Waals surface area (Å²) in [4.78, 5) is 30.1. The second-order valence-corrected chi connectivity index (χ2v) is 7.01. The van der Waals surface area contributed by atoms with Crippen molar-refractivity contribution in [3.63, 3.8) is 0 Å². The number of carbonyl (C=O) groups is 2. The van der Waals surface area contributed by atoms with Crippen molar-refractivity contribution in [2.45, 2.75) is 6.18 Å². The Balaban J connectivity index is 1.66. The number of anilines is 1. The lowest BCUT2D eigenvalue weighted by atomic mass is 10.1. The number of hydrogen-bond acceptors (Lipinski definition) is 4. The van der Waals surface area contributed by atoms with Crippen molar-refractivity contribution in [1.82, 2.24) is 9.88 Å². The standard InChI is InChI=1S/C20H16F3N3O2S/c1-26(11-17(27)24-15-10-6-5-9-14(15)20(21,22)23)19(28)16-12-29-18(25-16)13-7-3-2-4-8-13/h2-10,12H,11H2,1H3,(H,24,27). The second-order valence-electron chi connectivity index (χ2n) is 6.16. The number of carbonyl (C=O) groups excluding carboxylic acids is 2. The summed E-state index contributed by atoms with van der Waals surface area (Å²) in [5, 5.41) is 4.45. The highest BCUT2D eigenvalue weighted by atomic mass is 32.1. The SMILES string of the molecule is CN(CC(=O)Nc1ccccc1C(F)(F)F)C(=O)c1csc(-c2ccccc2)n1. The van der Waals surface area contributed by atoms with E-state index in [0.717, 1.165) is 22.6 Å². The first-order valence-corrected chi connectivity index (χ1v) is 9.36. The zero-order valence-corrected chi connectivity index (χ0v) is 16.1. The van der Waals surface area contributed by atoms with Gasteiger partial charge < -0.3 is 10.2 Å². The largest absolute Gasteiger partial charge is 0.418 e. The Hall–Kier alpha value is -3.20. The molecule has 0 atom stereocenters. The number of benzene rings is 2. The van der Waals surface area contributed by atoms with Crippen LogP contribution in [0.5, 0.6) is 0 Å². The molecule has 29 heavy (non-hydrogen) atoms. The van der Waals surface area contributed by atoms with E-state index in [1.54, 1.807) is 5.38 Å². The molecule has 1 aromatic heterocycles. The fourth-order valence-electron chi connectivity index (χ4n) is 2.60. The van der Waals surface area contributed by atoms with Crippen molar-refractivity contribution in [2.75, 3.05) is 18.9 Å². The molecule has 0 radical (unpaired) electrons. The third kappa shape index (κ3) is 5.00. The number of rotatable bonds is 5. The molecule has 0 bridgehead atoms. The fraction of sp³-hybridized carbons (Fsp3) is 0.150. The maximum Gasteiger partial charge on any atom is 0.418 e.